The van der Waals surface area contributed by atoms with Gasteiger partial charge in [-0.2, -0.15) is 0 Å². The first-order valence-corrected chi connectivity index (χ1v) is 10.0. The summed E-state index contributed by atoms with van der Waals surface area (Å²) in [6.07, 6.45) is 3.79. The fraction of sp³-hybridized carbons (Fsp3) is 0.524. The van der Waals surface area contributed by atoms with E-state index in [-0.39, 0.29) is 6.03 Å². The number of nitrogens with one attached hydrogen (secondary N) is 1. The molecule has 7 heteroatoms. The number of carbonyl (C=O) groups is 1. The van der Waals surface area contributed by atoms with Crippen LogP contribution in [-0.4, -0.2) is 71.3 Å². The van der Waals surface area contributed by atoms with Crippen LogP contribution in [0.25, 0.3) is 0 Å². The van der Waals surface area contributed by atoms with Crippen molar-refractivity contribution in [1.82, 2.24) is 24.7 Å². The highest BCUT2D eigenvalue weighted by Gasteiger charge is 2.18. The summed E-state index contributed by atoms with van der Waals surface area (Å²) in [6, 6.07) is 8.48. The zero-order valence-corrected chi connectivity index (χ0v) is 16.9. The van der Waals surface area contributed by atoms with E-state index in [1.54, 1.807) is 6.20 Å². The summed E-state index contributed by atoms with van der Waals surface area (Å²) < 4.78 is 7.53. The van der Waals surface area contributed by atoms with Gasteiger partial charge < -0.3 is 19.5 Å². The molecule has 2 aromatic rings. The molecule has 0 bridgehead atoms. The van der Waals surface area contributed by atoms with Gasteiger partial charge >= 0.3 is 6.03 Å². The van der Waals surface area contributed by atoms with E-state index >= 15 is 0 Å². The number of hydrogen-bond donors (Lipinski definition) is 1. The molecule has 1 saturated heterocycles. The van der Waals surface area contributed by atoms with Crippen LogP contribution in [0, 0.1) is 6.92 Å². The Bertz CT molecular complexity index is 738. The molecule has 152 valence electrons. The zero-order chi connectivity index (χ0) is 19.8. The van der Waals surface area contributed by atoms with Crippen molar-refractivity contribution >= 4 is 6.03 Å². The molecule has 28 heavy (non-hydrogen) atoms. The van der Waals surface area contributed by atoms with E-state index in [0.717, 1.165) is 45.2 Å². The molecule has 1 aliphatic heterocycles. The molecule has 7 nitrogen and oxygen atoms in total. The molecule has 0 atom stereocenters. The van der Waals surface area contributed by atoms with Crippen LogP contribution < -0.4 is 5.32 Å². The highest BCUT2D eigenvalue weighted by atomic mass is 16.5. The van der Waals surface area contributed by atoms with Crippen molar-refractivity contribution in [1.29, 1.82) is 0 Å². The standard InChI is InChI=1S/C21H31N5O2/c1-3-22-21(27)26(11-10-24-12-14-28-15-13-24)17-20-23-8-9-25(20)16-19-6-4-18(2)5-7-19/h4-9H,3,10-17H2,1-2H3,(H,22,27). The minimum absolute atomic E-state index is 0.0411. The van der Waals surface area contributed by atoms with E-state index in [4.69, 9.17) is 4.74 Å². The van der Waals surface area contributed by atoms with Crippen LogP contribution in [0.3, 0.4) is 0 Å². The maximum Gasteiger partial charge on any atom is 0.317 e. The van der Waals surface area contributed by atoms with Crippen molar-refractivity contribution in [2.75, 3.05) is 45.9 Å². The molecule has 1 aromatic heterocycles. The molecule has 1 aromatic carbocycles. The summed E-state index contributed by atoms with van der Waals surface area (Å²) in [6.45, 7) is 10.8. The Labute approximate surface area is 167 Å². The molecular weight excluding hydrogens is 354 g/mol. The second-order valence-corrected chi connectivity index (χ2v) is 7.17. The quantitative estimate of drug-likeness (QED) is 0.756. The predicted molar refractivity (Wildman–Crippen MR) is 109 cm³/mol. The van der Waals surface area contributed by atoms with Gasteiger partial charge in [0.2, 0.25) is 0 Å². The second-order valence-electron chi connectivity index (χ2n) is 7.17. The number of imidazole rings is 1. The number of morpholine rings is 1. The number of urea groups is 1. The van der Waals surface area contributed by atoms with Crippen molar-refractivity contribution < 1.29 is 9.53 Å². The summed E-state index contributed by atoms with van der Waals surface area (Å²) >= 11 is 0. The molecule has 2 heterocycles. The predicted octanol–water partition coefficient (Wildman–Crippen LogP) is 2.10. The van der Waals surface area contributed by atoms with Crippen LogP contribution in [-0.2, 0) is 17.8 Å². The van der Waals surface area contributed by atoms with Gasteiger partial charge in [0.05, 0.1) is 19.8 Å². The average Bonchev–Trinajstić information content (AvgIpc) is 3.14. The normalized spacial score (nSPS) is 14.8. The molecule has 0 saturated carbocycles. The summed E-state index contributed by atoms with van der Waals surface area (Å²) in [5.41, 5.74) is 2.47. The van der Waals surface area contributed by atoms with Crippen molar-refractivity contribution in [2.24, 2.45) is 0 Å². The first-order chi connectivity index (χ1) is 13.7. The Morgan fingerprint density at radius 3 is 2.71 bits per heavy atom. The number of hydrogen-bond acceptors (Lipinski definition) is 4. The Balaban J connectivity index is 1.65. The van der Waals surface area contributed by atoms with Gasteiger partial charge in [-0.1, -0.05) is 29.8 Å². The fourth-order valence-corrected chi connectivity index (χ4v) is 3.30. The molecular formula is C21H31N5O2. The van der Waals surface area contributed by atoms with Gasteiger partial charge in [0.15, 0.2) is 0 Å². The average molecular weight is 386 g/mol. The third kappa shape index (κ3) is 5.81. The van der Waals surface area contributed by atoms with Crippen LogP contribution in [0.5, 0.6) is 0 Å². The van der Waals surface area contributed by atoms with E-state index < -0.39 is 0 Å². The van der Waals surface area contributed by atoms with Crippen LogP contribution in [0.1, 0.15) is 23.9 Å². The number of benzene rings is 1. The number of ether oxygens (including phenoxy) is 1. The lowest BCUT2D eigenvalue weighted by molar-refractivity contribution is 0.0345. The fourth-order valence-electron chi connectivity index (χ4n) is 3.30. The lowest BCUT2D eigenvalue weighted by Crippen LogP contribution is -2.46. The Kier molecular flexibility index (Phi) is 7.45. The molecule has 0 radical (unpaired) electrons. The number of nitrogens with zero attached hydrogens (tertiary/aromatic N) is 4. The van der Waals surface area contributed by atoms with Crippen LogP contribution in [0.4, 0.5) is 4.79 Å². The Hall–Kier alpha value is -2.38. The maximum absolute atomic E-state index is 12.6. The lowest BCUT2D eigenvalue weighted by atomic mass is 10.1. The monoisotopic (exact) mass is 385 g/mol. The molecule has 2 amide bonds. The summed E-state index contributed by atoms with van der Waals surface area (Å²) in [7, 11) is 0. The number of carbonyl (C=O) groups excluding carboxylic acids is 1. The van der Waals surface area contributed by atoms with Crippen LogP contribution in [0.15, 0.2) is 36.7 Å². The van der Waals surface area contributed by atoms with E-state index in [1.165, 1.54) is 11.1 Å². The SMILES string of the molecule is CCNC(=O)N(CCN1CCOCC1)Cc1nccn1Cc1ccc(C)cc1. The lowest BCUT2D eigenvalue weighted by Gasteiger charge is -2.30. The third-order valence-electron chi connectivity index (χ3n) is 5.01. The van der Waals surface area contributed by atoms with Gasteiger partial charge in [-0.05, 0) is 19.4 Å². The first kappa shape index (κ1) is 20.4. The minimum Gasteiger partial charge on any atom is -0.379 e. The van der Waals surface area contributed by atoms with Gasteiger partial charge in [0, 0.05) is 51.7 Å². The van der Waals surface area contributed by atoms with E-state index in [2.05, 4.69) is 51.0 Å². The van der Waals surface area contributed by atoms with Crippen molar-refractivity contribution in [2.45, 2.75) is 26.9 Å². The number of amides is 2. The van der Waals surface area contributed by atoms with E-state index in [1.807, 2.05) is 18.0 Å². The van der Waals surface area contributed by atoms with Crippen LogP contribution >= 0.6 is 0 Å². The second kappa shape index (κ2) is 10.2. The molecule has 0 spiro atoms. The van der Waals surface area contributed by atoms with Gasteiger partial charge in [-0.25, -0.2) is 9.78 Å². The van der Waals surface area contributed by atoms with Crippen molar-refractivity contribution in [3.05, 3.63) is 53.6 Å². The van der Waals surface area contributed by atoms with E-state index in [9.17, 15) is 4.79 Å². The molecule has 0 aliphatic carbocycles. The Morgan fingerprint density at radius 2 is 2.00 bits per heavy atom. The number of rotatable bonds is 8. The number of aryl methyl sites for hydroxylation is 1. The summed E-state index contributed by atoms with van der Waals surface area (Å²) in [5.74, 6) is 0.897. The molecule has 1 aliphatic rings. The van der Waals surface area contributed by atoms with Gasteiger partial charge in [0.1, 0.15) is 5.82 Å². The van der Waals surface area contributed by atoms with Gasteiger partial charge in [-0.3, -0.25) is 4.90 Å². The highest BCUT2D eigenvalue weighted by Crippen LogP contribution is 2.10. The van der Waals surface area contributed by atoms with Crippen molar-refractivity contribution in [3.63, 3.8) is 0 Å². The largest absolute Gasteiger partial charge is 0.379 e. The minimum atomic E-state index is -0.0411. The summed E-state index contributed by atoms with van der Waals surface area (Å²) in [4.78, 5) is 21.3. The Morgan fingerprint density at radius 1 is 1.25 bits per heavy atom. The third-order valence-corrected chi connectivity index (χ3v) is 5.01. The van der Waals surface area contributed by atoms with E-state index in [0.29, 0.717) is 19.6 Å². The van der Waals surface area contributed by atoms with Gasteiger partial charge in [-0.15, -0.1) is 0 Å². The first-order valence-electron chi connectivity index (χ1n) is 10.0. The zero-order valence-electron chi connectivity index (χ0n) is 16.9. The number of aromatic nitrogens is 2. The van der Waals surface area contributed by atoms with Gasteiger partial charge in [0.25, 0.3) is 0 Å². The summed E-state index contributed by atoms with van der Waals surface area (Å²) in [5, 5.41) is 2.93. The highest BCUT2D eigenvalue weighted by molar-refractivity contribution is 5.74. The molecule has 0 unspecified atom stereocenters. The van der Waals surface area contributed by atoms with Crippen LogP contribution in [0.2, 0.25) is 0 Å². The molecule has 1 fully saturated rings. The smallest absolute Gasteiger partial charge is 0.317 e. The van der Waals surface area contributed by atoms with Crippen molar-refractivity contribution in [3.8, 4) is 0 Å². The molecule has 1 N–H and O–H groups in total. The topological polar surface area (TPSA) is 62.6 Å². The molecule has 3 rings (SSSR count). The maximum atomic E-state index is 12.6.